The van der Waals surface area contributed by atoms with Gasteiger partial charge in [-0.2, -0.15) is 0 Å². The largest absolute Gasteiger partial charge is 0.370 e. The molecule has 7 heteroatoms. The van der Waals surface area contributed by atoms with Crippen LogP contribution in [0.5, 0.6) is 0 Å². The second-order valence-electron chi connectivity index (χ2n) is 5.95. The number of benzene rings is 1. The fraction of sp³-hybridized carbons (Fsp3) is 0.474. The van der Waals surface area contributed by atoms with Gasteiger partial charge >= 0.3 is 0 Å². The standard InChI is InChI=1S/C19H29N5S.HI/c1-5-24(18-8-6-7-15(2)13-18)12-11-22-19(20-4)21-10-9-17-14-25-16(3)23-17;/h6-8,13-14H,5,9-12H2,1-4H3,(H2,20,21,22);1H. The molecule has 1 aromatic carbocycles. The quantitative estimate of drug-likeness (QED) is 0.340. The van der Waals surface area contributed by atoms with Crippen LogP contribution in [-0.4, -0.2) is 44.2 Å². The Morgan fingerprint density at radius 2 is 2.00 bits per heavy atom. The first-order valence-corrected chi connectivity index (χ1v) is 9.67. The molecule has 144 valence electrons. The molecule has 0 saturated carbocycles. The van der Waals surface area contributed by atoms with Gasteiger partial charge in [-0.3, -0.25) is 4.99 Å². The number of hydrogen-bond donors (Lipinski definition) is 2. The minimum Gasteiger partial charge on any atom is -0.370 e. The van der Waals surface area contributed by atoms with Crippen molar-refractivity contribution in [1.29, 1.82) is 0 Å². The zero-order valence-electron chi connectivity index (χ0n) is 16.1. The number of aromatic nitrogens is 1. The monoisotopic (exact) mass is 487 g/mol. The average Bonchev–Trinajstić information content (AvgIpc) is 3.02. The number of nitrogens with zero attached hydrogens (tertiary/aromatic N) is 3. The zero-order valence-corrected chi connectivity index (χ0v) is 19.2. The van der Waals surface area contributed by atoms with Gasteiger partial charge < -0.3 is 15.5 Å². The van der Waals surface area contributed by atoms with Crippen LogP contribution in [0.2, 0.25) is 0 Å². The van der Waals surface area contributed by atoms with Crippen LogP contribution in [0.3, 0.4) is 0 Å². The molecule has 26 heavy (non-hydrogen) atoms. The number of rotatable bonds is 8. The molecule has 2 N–H and O–H groups in total. The Hall–Kier alpha value is -1.35. The predicted molar refractivity (Wildman–Crippen MR) is 124 cm³/mol. The van der Waals surface area contributed by atoms with Crippen LogP contribution in [0.1, 0.15) is 23.2 Å². The zero-order chi connectivity index (χ0) is 18.1. The van der Waals surface area contributed by atoms with Gasteiger partial charge in [0.1, 0.15) is 0 Å². The number of halogens is 1. The number of aliphatic imine (C=N–C) groups is 1. The van der Waals surface area contributed by atoms with E-state index in [4.69, 9.17) is 0 Å². The van der Waals surface area contributed by atoms with Crippen molar-refractivity contribution in [2.24, 2.45) is 4.99 Å². The molecule has 0 unspecified atom stereocenters. The molecule has 0 aliphatic heterocycles. The van der Waals surface area contributed by atoms with Crippen LogP contribution in [-0.2, 0) is 6.42 Å². The molecular weight excluding hydrogens is 457 g/mol. The SMILES string of the molecule is CCN(CCNC(=NC)NCCc1csc(C)n1)c1cccc(C)c1.I. The fourth-order valence-electron chi connectivity index (χ4n) is 2.66. The summed E-state index contributed by atoms with van der Waals surface area (Å²) >= 11 is 1.70. The van der Waals surface area contributed by atoms with Crippen molar-refractivity contribution in [3.63, 3.8) is 0 Å². The normalized spacial score (nSPS) is 11.0. The maximum Gasteiger partial charge on any atom is 0.191 e. The van der Waals surface area contributed by atoms with Crippen molar-refractivity contribution >= 4 is 47.0 Å². The molecule has 0 atom stereocenters. The molecule has 5 nitrogen and oxygen atoms in total. The summed E-state index contributed by atoms with van der Waals surface area (Å²) in [5, 5.41) is 9.98. The van der Waals surface area contributed by atoms with E-state index in [1.807, 2.05) is 6.92 Å². The first-order valence-electron chi connectivity index (χ1n) is 8.79. The van der Waals surface area contributed by atoms with E-state index in [9.17, 15) is 0 Å². The van der Waals surface area contributed by atoms with Crippen LogP contribution >= 0.6 is 35.3 Å². The number of guanidine groups is 1. The van der Waals surface area contributed by atoms with Crippen LogP contribution in [0, 0.1) is 13.8 Å². The predicted octanol–water partition coefficient (Wildman–Crippen LogP) is 3.61. The smallest absolute Gasteiger partial charge is 0.191 e. The molecule has 0 amide bonds. The van der Waals surface area contributed by atoms with Crippen LogP contribution < -0.4 is 15.5 Å². The van der Waals surface area contributed by atoms with Gasteiger partial charge in [0.05, 0.1) is 10.7 Å². The second kappa shape index (κ2) is 12.1. The van der Waals surface area contributed by atoms with Gasteiger partial charge in [0.25, 0.3) is 0 Å². The molecule has 0 saturated heterocycles. The number of hydrogen-bond acceptors (Lipinski definition) is 4. The highest BCUT2D eigenvalue weighted by molar-refractivity contribution is 14.0. The number of nitrogens with one attached hydrogen (secondary N) is 2. The minimum atomic E-state index is 0. The van der Waals surface area contributed by atoms with E-state index in [1.165, 1.54) is 11.3 Å². The van der Waals surface area contributed by atoms with Crippen molar-refractivity contribution in [1.82, 2.24) is 15.6 Å². The van der Waals surface area contributed by atoms with Gasteiger partial charge in [-0.05, 0) is 38.5 Å². The Bertz CT molecular complexity index is 686. The maximum atomic E-state index is 4.48. The highest BCUT2D eigenvalue weighted by Crippen LogP contribution is 2.14. The molecule has 0 radical (unpaired) electrons. The Morgan fingerprint density at radius 1 is 1.23 bits per heavy atom. The number of anilines is 1. The number of likely N-dealkylation sites (N-methyl/N-ethyl adjacent to an activating group) is 1. The van der Waals surface area contributed by atoms with E-state index in [2.05, 4.69) is 69.0 Å². The maximum absolute atomic E-state index is 4.48. The lowest BCUT2D eigenvalue weighted by molar-refractivity contribution is 0.744. The molecular formula is C19H30IN5S. The second-order valence-corrected chi connectivity index (χ2v) is 7.01. The molecule has 0 aliphatic rings. The molecule has 0 bridgehead atoms. The summed E-state index contributed by atoms with van der Waals surface area (Å²) in [4.78, 5) is 11.1. The number of thiazole rings is 1. The van der Waals surface area contributed by atoms with E-state index in [1.54, 1.807) is 18.4 Å². The third-order valence-electron chi connectivity index (χ3n) is 3.99. The van der Waals surface area contributed by atoms with E-state index < -0.39 is 0 Å². The van der Waals surface area contributed by atoms with Crippen molar-refractivity contribution in [2.75, 3.05) is 38.1 Å². The van der Waals surface area contributed by atoms with Gasteiger partial charge in [-0.15, -0.1) is 35.3 Å². The van der Waals surface area contributed by atoms with E-state index in [-0.39, 0.29) is 24.0 Å². The van der Waals surface area contributed by atoms with Gasteiger partial charge in [0, 0.05) is 50.7 Å². The van der Waals surface area contributed by atoms with Gasteiger partial charge in [-0.1, -0.05) is 12.1 Å². The molecule has 0 aliphatic carbocycles. The minimum absolute atomic E-state index is 0. The Balaban J connectivity index is 0.00000338. The summed E-state index contributed by atoms with van der Waals surface area (Å²) in [7, 11) is 1.81. The lowest BCUT2D eigenvalue weighted by Gasteiger charge is -2.24. The highest BCUT2D eigenvalue weighted by Gasteiger charge is 2.05. The van der Waals surface area contributed by atoms with Crippen molar-refractivity contribution in [3.05, 3.63) is 45.9 Å². The number of aryl methyl sites for hydroxylation is 2. The lowest BCUT2D eigenvalue weighted by atomic mass is 10.2. The summed E-state index contributed by atoms with van der Waals surface area (Å²) in [6, 6.07) is 8.64. The molecule has 1 heterocycles. The third kappa shape index (κ3) is 7.49. The fourth-order valence-corrected chi connectivity index (χ4v) is 3.30. The van der Waals surface area contributed by atoms with E-state index in [0.29, 0.717) is 0 Å². The molecule has 2 aromatic rings. The molecule has 1 aromatic heterocycles. The molecule has 0 spiro atoms. The first kappa shape index (κ1) is 22.7. The molecule has 0 fully saturated rings. The van der Waals surface area contributed by atoms with Crippen molar-refractivity contribution < 1.29 is 0 Å². The van der Waals surface area contributed by atoms with Crippen LogP contribution in [0.15, 0.2) is 34.6 Å². The first-order chi connectivity index (χ1) is 12.1. The molecule has 2 rings (SSSR count). The van der Waals surface area contributed by atoms with Gasteiger partial charge in [0.2, 0.25) is 0 Å². The van der Waals surface area contributed by atoms with Crippen molar-refractivity contribution in [3.8, 4) is 0 Å². The Morgan fingerprint density at radius 3 is 2.62 bits per heavy atom. The average molecular weight is 487 g/mol. The summed E-state index contributed by atoms with van der Waals surface area (Å²) in [5.74, 6) is 0.840. The topological polar surface area (TPSA) is 52.5 Å². The van der Waals surface area contributed by atoms with Crippen LogP contribution in [0.4, 0.5) is 5.69 Å². The van der Waals surface area contributed by atoms with E-state index >= 15 is 0 Å². The van der Waals surface area contributed by atoms with E-state index in [0.717, 1.165) is 49.3 Å². The Labute approximate surface area is 178 Å². The van der Waals surface area contributed by atoms with Gasteiger partial charge in [-0.25, -0.2) is 4.98 Å². The third-order valence-corrected chi connectivity index (χ3v) is 4.81. The lowest BCUT2D eigenvalue weighted by Crippen LogP contribution is -2.42. The summed E-state index contributed by atoms with van der Waals surface area (Å²) in [6.07, 6.45) is 0.912. The van der Waals surface area contributed by atoms with Crippen molar-refractivity contribution in [2.45, 2.75) is 27.2 Å². The summed E-state index contributed by atoms with van der Waals surface area (Å²) in [6.45, 7) is 9.95. The highest BCUT2D eigenvalue weighted by atomic mass is 127. The Kier molecular flexibility index (Phi) is 10.6. The summed E-state index contributed by atoms with van der Waals surface area (Å²) in [5.41, 5.74) is 3.70. The van der Waals surface area contributed by atoms with Crippen LogP contribution in [0.25, 0.3) is 0 Å². The summed E-state index contributed by atoms with van der Waals surface area (Å²) < 4.78 is 0. The van der Waals surface area contributed by atoms with Gasteiger partial charge in [0.15, 0.2) is 5.96 Å².